The number of fused-ring (bicyclic) bond motifs is 1. The number of hydrogen-bond acceptors (Lipinski definition) is 5. The van der Waals surface area contributed by atoms with Crippen LogP contribution in [0.1, 0.15) is 6.92 Å². The van der Waals surface area contributed by atoms with E-state index in [-0.39, 0.29) is 0 Å². The lowest BCUT2D eigenvalue weighted by atomic mass is 10.1. The van der Waals surface area contributed by atoms with E-state index in [4.69, 9.17) is 11.6 Å². The lowest BCUT2D eigenvalue weighted by molar-refractivity contribution is 0.271. The van der Waals surface area contributed by atoms with Gasteiger partial charge in [-0.05, 0) is 47.8 Å². The first kappa shape index (κ1) is 15.8. The van der Waals surface area contributed by atoms with Crippen LogP contribution < -0.4 is 4.90 Å². The molecule has 0 unspecified atom stereocenters. The standard InChI is InChI=1S/C18H19ClN4S/c1-2-22-6-8-23(9-7-22)14-3-4-15-16(11-14)20-18(19)21-17(15)13-5-10-24-12-13/h3-5,10-12H,2,6-9H2,1H3. The zero-order valence-corrected chi connectivity index (χ0v) is 15.1. The van der Waals surface area contributed by atoms with Crippen molar-refractivity contribution in [2.75, 3.05) is 37.6 Å². The first-order valence-corrected chi connectivity index (χ1v) is 9.54. The number of halogens is 1. The Bertz CT molecular complexity index is 842. The van der Waals surface area contributed by atoms with Gasteiger partial charge in [-0.2, -0.15) is 11.3 Å². The highest BCUT2D eigenvalue weighted by Crippen LogP contribution is 2.31. The summed E-state index contributed by atoms with van der Waals surface area (Å²) < 4.78 is 0. The molecule has 1 aliphatic rings. The first-order chi connectivity index (χ1) is 11.7. The first-order valence-electron chi connectivity index (χ1n) is 8.22. The molecule has 124 valence electrons. The maximum absolute atomic E-state index is 6.18. The third-order valence-corrected chi connectivity index (χ3v) is 5.48. The minimum atomic E-state index is 0.302. The third kappa shape index (κ3) is 2.99. The largest absolute Gasteiger partial charge is 0.369 e. The quantitative estimate of drug-likeness (QED) is 0.658. The van der Waals surface area contributed by atoms with Crippen LogP contribution in [-0.4, -0.2) is 47.6 Å². The molecule has 1 aliphatic heterocycles. The van der Waals surface area contributed by atoms with Gasteiger partial charge in [-0.25, -0.2) is 9.97 Å². The number of rotatable bonds is 3. The number of aromatic nitrogens is 2. The smallest absolute Gasteiger partial charge is 0.223 e. The summed E-state index contributed by atoms with van der Waals surface area (Å²) in [6.07, 6.45) is 0. The second-order valence-electron chi connectivity index (χ2n) is 5.98. The number of likely N-dealkylation sites (N-methyl/N-ethyl adjacent to an activating group) is 1. The van der Waals surface area contributed by atoms with E-state index in [0.29, 0.717) is 5.28 Å². The van der Waals surface area contributed by atoms with Crippen LogP contribution >= 0.6 is 22.9 Å². The van der Waals surface area contributed by atoms with Crippen LogP contribution in [-0.2, 0) is 0 Å². The Balaban J connectivity index is 1.71. The van der Waals surface area contributed by atoms with Crippen LogP contribution in [0.5, 0.6) is 0 Å². The second kappa shape index (κ2) is 6.67. The number of thiophene rings is 1. The van der Waals surface area contributed by atoms with Crippen molar-refractivity contribution in [3.8, 4) is 11.3 Å². The molecule has 4 rings (SSSR count). The number of hydrogen-bond donors (Lipinski definition) is 0. The Kier molecular flexibility index (Phi) is 4.39. The van der Waals surface area contributed by atoms with E-state index >= 15 is 0 Å². The number of benzene rings is 1. The van der Waals surface area contributed by atoms with Gasteiger partial charge in [0.1, 0.15) is 0 Å². The number of piperazine rings is 1. The Morgan fingerprint density at radius 1 is 1.12 bits per heavy atom. The van der Waals surface area contributed by atoms with E-state index in [1.807, 2.05) is 0 Å². The van der Waals surface area contributed by atoms with E-state index in [1.54, 1.807) is 11.3 Å². The van der Waals surface area contributed by atoms with Crippen molar-refractivity contribution in [1.29, 1.82) is 0 Å². The van der Waals surface area contributed by atoms with Crippen LogP contribution in [0, 0.1) is 0 Å². The molecule has 0 saturated carbocycles. The predicted molar refractivity (Wildman–Crippen MR) is 102 cm³/mol. The lowest BCUT2D eigenvalue weighted by Gasteiger charge is -2.35. The van der Waals surface area contributed by atoms with Gasteiger partial charge in [0.2, 0.25) is 5.28 Å². The van der Waals surface area contributed by atoms with Crippen molar-refractivity contribution in [2.45, 2.75) is 6.92 Å². The van der Waals surface area contributed by atoms with E-state index < -0.39 is 0 Å². The van der Waals surface area contributed by atoms with Crippen molar-refractivity contribution < 1.29 is 0 Å². The van der Waals surface area contributed by atoms with E-state index in [0.717, 1.165) is 54.9 Å². The second-order valence-corrected chi connectivity index (χ2v) is 7.09. The summed E-state index contributed by atoms with van der Waals surface area (Å²) >= 11 is 7.84. The summed E-state index contributed by atoms with van der Waals surface area (Å²) in [5, 5.41) is 5.50. The van der Waals surface area contributed by atoms with Crippen molar-refractivity contribution in [3.05, 3.63) is 40.3 Å². The molecule has 0 atom stereocenters. The minimum absolute atomic E-state index is 0.302. The minimum Gasteiger partial charge on any atom is -0.369 e. The van der Waals surface area contributed by atoms with Gasteiger partial charge in [0.25, 0.3) is 0 Å². The molecule has 0 radical (unpaired) electrons. The Hall–Kier alpha value is -1.69. The molecule has 1 saturated heterocycles. The summed E-state index contributed by atoms with van der Waals surface area (Å²) in [4.78, 5) is 13.8. The van der Waals surface area contributed by atoms with E-state index in [1.165, 1.54) is 5.69 Å². The molecule has 1 aromatic carbocycles. The molecule has 6 heteroatoms. The van der Waals surface area contributed by atoms with Crippen molar-refractivity contribution in [2.24, 2.45) is 0 Å². The fourth-order valence-electron chi connectivity index (χ4n) is 3.23. The van der Waals surface area contributed by atoms with Gasteiger partial charge in [0.05, 0.1) is 11.2 Å². The van der Waals surface area contributed by atoms with Crippen molar-refractivity contribution in [3.63, 3.8) is 0 Å². The maximum atomic E-state index is 6.18. The highest BCUT2D eigenvalue weighted by atomic mass is 35.5. The Morgan fingerprint density at radius 3 is 2.67 bits per heavy atom. The van der Waals surface area contributed by atoms with Gasteiger partial charge in [-0.15, -0.1) is 0 Å². The van der Waals surface area contributed by atoms with Crippen molar-refractivity contribution >= 4 is 39.5 Å². The SMILES string of the molecule is CCN1CCN(c2ccc3c(-c4ccsc4)nc(Cl)nc3c2)CC1. The number of anilines is 1. The van der Waals surface area contributed by atoms with Gasteiger partial charge in [-0.3, -0.25) is 0 Å². The molecule has 0 N–H and O–H groups in total. The fourth-order valence-corrected chi connectivity index (χ4v) is 4.04. The highest BCUT2D eigenvalue weighted by Gasteiger charge is 2.17. The summed E-state index contributed by atoms with van der Waals surface area (Å²) in [7, 11) is 0. The summed E-state index contributed by atoms with van der Waals surface area (Å²) in [6.45, 7) is 7.67. The van der Waals surface area contributed by atoms with Crippen LogP contribution in [0.3, 0.4) is 0 Å². The van der Waals surface area contributed by atoms with Crippen LogP contribution in [0.2, 0.25) is 5.28 Å². The molecule has 0 spiro atoms. The Labute approximate surface area is 150 Å². The molecule has 0 amide bonds. The maximum Gasteiger partial charge on any atom is 0.223 e. The molecule has 4 nitrogen and oxygen atoms in total. The molecular weight excluding hydrogens is 340 g/mol. The average molecular weight is 359 g/mol. The molecule has 2 aromatic heterocycles. The molecule has 24 heavy (non-hydrogen) atoms. The molecule has 3 heterocycles. The molecule has 0 aliphatic carbocycles. The topological polar surface area (TPSA) is 32.3 Å². The zero-order chi connectivity index (χ0) is 16.5. The van der Waals surface area contributed by atoms with Gasteiger partial charge in [0, 0.05) is 48.2 Å². The van der Waals surface area contributed by atoms with Crippen LogP contribution in [0.4, 0.5) is 5.69 Å². The van der Waals surface area contributed by atoms with Gasteiger partial charge >= 0.3 is 0 Å². The molecule has 0 bridgehead atoms. The van der Waals surface area contributed by atoms with Crippen molar-refractivity contribution in [1.82, 2.24) is 14.9 Å². The predicted octanol–water partition coefficient (Wildman–Crippen LogP) is 4.15. The lowest BCUT2D eigenvalue weighted by Crippen LogP contribution is -2.46. The number of nitrogens with zero attached hydrogens (tertiary/aromatic N) is 4. The summed E-state index contributed by atoms with van der Waals surface area (Å²) in [5.41, 5.74) is 4.13. The zero-order valence-electron chi connectivity index (χ0n) is 13.6. The van der Waals surface area contributed by atoms with Gasteiger partial charge < -0.3 is 9.80 Å². The third-order valence-electron chi connectivity index (χ3n) is 4.63. The van der Waals surface area contributed by atoms with Gasteiger partial charge in [-0.1, -0.05) is 6.92 Å². The van der Waals surface area contributed by atoms with Crippen LogP contribution in [0.25, 0.3) is 22.2 Å². The normalized spacial score (nSPS) is 16.0. The monoisotopic (exact) mass is 358 g/mol. The summed E-state index contributed by atoms with van der Waals surface area (Å²) in [5.74, 6) is 0. The molecule has 3 aromatic rings. The fraction of sp³-hybridized carbons (Fsp3) is 0.333. The van der Waals surface area contributed by atoms with E-state index in [9.17, 15) is 0 Å². The van der Waals surface area contributed by atoms with Gasteiger partial charge in [0.15, 0.2) is 0 Å². The van der Waals surface area contributed by atoms with Crippen LogP contribution in [0.15, 0.2) is 35.0 Å². The summed E-state index contributed by atoms with van der Waals surface area (Å²) in [6, 6.07) is 8.51. The molecule has 1 fully saturated rings. The van der Waals surface area contributed by atoms with E-state index in [2.05, 4.69) is 61.7 Å². The molecular formula is C18H19ClN4S. The average Bonchev–Trinajstić information content (AvgIpc) is 3.15. The highest BCUT2D eigenvalue weighted by molar-refractivity contribution is 7.08. The Morgan fingerprint density at radius 2 is 1.96 bits per heavy atom.